The quantitative estimate of drug-likeness (QED) is 0.813. The molecule has 1 fully saturated rings. The molecule has 1 aliphatic heterocycles. The van der Waals surface area contributed by atoms with Crippen molar-refractivity contribution in [2.24, 2.45) is 21.1 Å². The highest BCUT2D eigenvalue weighted by Crippen LogP contribution is 2.62. The highest BCUT2D eigenvalue weighted by Gasteiger charge is 2.60. The molecule has 0 bridgehead atoms. The Morgan fingerprint density at radius 3 is 2.52 bits per heavy atom. The summed E-state index contributed by atoms with van der Waals surface area (Å²) < 4.78 is 48.3. The summed E-state index contributed by atoms with van der Waals surface area (Å²) in [7, 11) is 1.74. The summed E-state index contributed by atoms with van der Waals surface area (Å²) in [6.45, 7) is 1.44. The lowest BCUT2D eigenvalue weighted by atomic mass is 9.65. The SMILES string of the molecule is CO[C@H]1CC[C@]2(CC1)Cc1ccc(OCCC(F)(F)F)cc1[C@]21N=C(C)C(N)=N1. The Labute approximate surface area is 168 Å². The van der Waals surface area contributed by atoms with Gasteiger partial charge >= 0.3 is 6.18 Å². The minimum atomic E-state index is -4.24. The minimum Gasteiger partial charge on any atom is -0.493 e. The lowest BCUT2D eigenvalue weighted by Crippen LogP contribution is -2.43. The Balaban J connectivity index is 1.68. The van der Waals surface area contributed by atoms with Gasteiger partial charge in [0.25, 0.3) is 0 Å². The van der Waals surface area contributed by atoms with Crippen LogP contribution in [-0.4, -0.2) is 37.5 Å². The van der Waals surface area contributed by atoms with E-state index in [1.54, 1.807) is 13.2 Å². The summed E-state index contributed by atoms with van der Waals surface area (Å²) in [4.78, 5) is 9.79. The Kier molecular flexibility index (Phi) is 4.88. The standard InChI is InChI=1S/C21H26F3N3O2/c1-13-18(25)27-21(26-13)17-11-16(29-10-9-20(22,23)24)4-3-14(17)12-19(21)7-5-15(28-2)6-8-19/h3-4,11,15H,5-10,12H2,1-2H3,(H2,25,27)/t15-,19-,21-/m1/s1. The fourth-order valence-electron chi connectivity index (χ4n) is 5.02. The molecule has 3 aliphatic rings. The third-order valence-electron chi connectivity index (χ3n) is 6.59. The molecule has 1 heterocycles. The van der Waals surface area contributed by atoms with E-state index in [9.17, 15) is 13.2 Å². The fourth-order valence-corrected chi connectivity index (χ4v) is 5.02. The molecule has 1 atom stereocenters. The second-order valence-corrected chi connectivity index (χ2v) is 8.29. The van der Waals surface area contributed by atoms with E-state index in [2.05, 4.69) is 0 Å². The molecule has 1 aromatic rings. The molecular formula is C21H26F3N3O2. The van der Waals surface area contributed by atoms with Gasteiger partial charge in [-0.3, -0.25) is 4.99 Å². The van der Waals surface area contributed by atoms with Crippen molar-refractivity contribution in [3.8, 4) is 5.75 Å². The number of nitrogens with zero attached hydrogens (tertiary/aromatic N) is 2. The number of fused-ring (bicyclic) bond motifs is 3. The number of halogens is 3. The molecule has 0 amide bonds. The molecule has 2 N–H and O–H groups in total. The van der Waals surface area contributed by atoms with Crippen LogP contribution in [0.5, 0.6) is 5.75 Å². The number of hydrogen-bond acceptors (Lipinski definition) is 5. The topological polar surface area (TPSA) is 69.2 Å². The molecule has 1 aromatic carbocycles. The monoisotopic (exact) mass is 409 g/mol. The number of hydrogen-bond donors (Lipinski definition) is 1. The molecule has 0 saturated heterocycles. The molecule has 0 unspecified atom stereocenters. The van der Waals surface area contributed by atoms with E-state index in [4.69, 9.17) is 25.2 Å². The number of benzene rings is 1. The van der Waals surface area contributed by atoms with Crippen molar-refractivity contribution in [1.82, 2.24) is 0 Å². The molecule has 4 rings (SSSR count). The van der Waals surface area contributed by atoms with Gasteiger partial charge in [-0.1, -0.05) is 6.07 Å². The lowest BCUT2D eigenvalue weighted by Gasteiger charge is -2.44. The average Bonchev–Trinajstić information content (AvgIpc) is 3.10. The van der Waals surface area contributed by atoms with E-state index in [0.717, 1.165) is 43.2 Å². The van der Waals surface area contributed by atoms with Gasteiger partial charge in [-0.2, -0.15) is 13.2 Å². The third-order valence-corrected chi connectivity index (χ3v) is 6.59. The van der Waals surface area contributed by atoms with E-state index >= 15 is 0 Å². The van der Waals surface area contributed by atoms with Crippen LogP contribution >= 0.6 is 0 Å². The summed E-state index contributed by atoms with van der Waals surface area (Å²) in [6, 6.07) is 5.48. The van der Waals surface area contributed by atoms with Crippen molar-refractivity contribution >= 4 is 11.5 Å². The average molecular weight is 409 g/mol. The predicted octanol–water partition coefficient (Wildman–Crippen LogP) is 4.13. The summed E-state index contributed by atoms with van der Waals surface area (Å²) in [5.41, 5.74) is 7.83. The van der Waals surface area contributed by atoms with Crippen LogP contribution < -0.4 is 10.5 Å². The van der Waals surface area contributed by atoms with Crippen LogP contribution in [0.15, 0.2) is 28.2 Å². The summed E-state index contributed by atoms with van der Waals surface area (Å²) in [5, 5.41) is 0. The first-order valence-corrected chi connectivity index (χ1v) is 9.96. The van der Waals surface area contributed by atoms with Gasteiger partial charge in [0.15, 0.2) is 5.66 Å². The first-order valence-electron chi connectivity index (χ1n) is 9.96. The zero-order valence-corrected chi connectivity index (χ0v) is 16.7. The number of ether oxygens (including phenoxy) is 2. The molecule has 5 nitrogen and oxygen atoms in total. The van der Waals surface area contributed by atoms with Crippen molar-refractivity contribution in [2.45, 2.75) is 63.4 Å². The lowest BCUT2D eigenvalue weighted by molar-refractivity contribution is -0.139. The summed E-state index contributed by atoms with van der Waals surface area (Å²) in [6.07, 6.45) is -0.537. The van der Waals surface area contributed by atoms with Gasteiger partial charge in [0.1, 0.15) is 11.6 Å². The van der Waals surface area contributed by atoms with Gasteiger partial charge in [0, 0.05) is 18.1 Å². The van der Waals surface area contributed by atoms with Crippen LogP contribution in [0.4, 0.5) is 13.2 Å². The zero-order valence-electron chi connectivity index (χ0n) is 16.7. The molecule has 0 radical (unpaired) electrons. The molecule has 8 heteroatoms. The van der Waals surface area contributed by atoms with Crippen LogP contribution in [0.2, 0.25) is 0 Å². The van der Waals surface area contributed by atoms with Gasteiger partial charge in [-0.15, -0.1) is 0 Å². The Morgan fingerprint density at radius 2 is 1.93 bits per heavy atom. The van der Waals surface area contributed by atoms with Gasteiger partial charge in [-0.25, -0.2) is 4.99 Å². The first-order chi connectivity index (χ1) is 13.7. The maximum atomic E-state index is 12.5. The Morgan fingerprint density at radius 1 is 1.21 bits per heavy atom. The number of nitrogens with two attached hydrogens (primary N) is 1. The normalized spacial score (nSPS) is 31.1. The van der Waals surface area contributed by atoms with Crippen molar-refractivity contribution in [3.05, 3.63) is 29.3 Å². The number of methoxy groups -OCH3 is 1. The van der Waals surface area contributed by atoms with Crippen LogP contribution in [0.3, 0.4) is 0 Å². The highest BCUT2D eigenvalue weighted by atomic mass is 19.4. The largest absolute Gasteiger partial charge is 0.493 e. The molecular weight excluding hydrogens is 383 g/mol. The maximum absolute atomic E-state index is 12.5. The van der Waals surface area contributed by atoms with Gasteiger partial charge in [-0.05, 0) is 56.7 Å². The molecule has 29 heavy (non-hydrogen) atoms. The Hall–Kier alpha value is -2.09. The van der Waals surface area contributed by atoms with Crippen molar-refractivity contribution in [1.29, 1.82) is 0 Å². The predicted molar refractivity (Wildman–Crippen MR) is 104 cm³/mol. The van der Waals surface area contributed by atoms with Crippen LogP contribution in [-0.2, 0) is 16.8 Å². The smallest absolute Gasteiger partial charge is 0.392 e. The Bertz CT molecular complexity index is 837. The molecule has 158 valence electrons. The highest BCUT2D eigenvalue weighted by molar-refractivity contribution is 6.41. The molecule has 2 spiro atoms. The van der Waals surface area contributed by atoms with Gasteiger partial charge in [0.2, 0.25) is 0 Å². The number of rotatable bonds is 4. The first kappa shape index (κ1) is 20.2. The number of aliphatic imine (C=N–C) groups is 2. The van der Waals surface area contributed by atoms with Crippen LogP contribution in [0.1, 0.15) is 50.2 Å². The van der Waals surface area contributed by atoms with Crippen molar-refractivity contribution in [2.75, 3.05) is 13.7 Å². The van der Waals surface area contributed by atoms with E-state index in [1.165, 1.54) is 0 Å². The van der Waals surface area contributed by atoms with E-state index in [1.807, 2.05) is 19.1 Å². The summed E-state index contributed by atoms with van der Waals surface area (Å²) in [5.74, 6) is 0.831. The zero-order chi connectivity index (χ0) is 20.9. The summed E-state index contributed by atoms with van der Waals surface area (Å²) >= 11 is 0. The second-order valence-electron chi connectivity index (χ2n) is 8.29. The maximum Gasteiger partial charge on any atom is 0.392 e. The van der Waals surface area contributed by atoms with E-state index in [0.29, 0.717) is 17.3 Å². The molecule has 2 aliphatic carbocycles. The second kappa shape index (κ2) is 7.00. The fraction of sp³-hybridized carbons (Fsp3) is 0.619. The van der Waals surface area contributed by atoms with Crippen molar-refractivity contribution in [3.63, 3.8) is 0 Å². The van der Waals surface area contributed by atoms with E-state index < -0.39 is 24.9 Å². The van der Waals surface area contributed by atoms with Crippen LogP contribution in [0.25, 0.3) is 0 Å². The number of alkyl halides is 3. The van der Waals surface area contributed by atoms with Crippen molar-refractivity contribution < 1.29 is 22.6 Å². The number of amidine groups is 1. The van der Waals surface area contributed by atoms with E-state index in [-0.39, 0.29) is 11.5 Å². The molecule has 1 saturated carbocycles. The van der Waals surface area contributed by atoms with Crippen LogP contribution in [0, 0.1) is 5.41 Å². The third kappa shape index (κ3) is 3.41. The van der Waals surface area contributed by atoms with Gasteiger partial charge in [0.05, 0.1) is 24.8 Å². The molecule has 0 aromatic heterocycles. The minimum absolute atomic E-state index is 0.197. The van der Waals surface area contributed by atoms with Gasteiger partial charge < -0.3 is 15.2 Å².